The highest BCUT2D eigenvalue weighted by Gasteiger charge is 2.31. The van der Waals surface area contributed by atoms with Gasteiger partial charge in [0.05, 0.1) is 6.54 Å². The predicted molar refractivity (Wildman–Crippen MR) is 81.8 cm³/mol. The van der Waals surface area contributed by atoms with Crippen molar-refractivity contribution in [2.45, 2.75) is 31.7 Å². The van der Waals surface area contributed by atoms with Crippen molar-refractivity contribution in [1.82, 2.24) is 10.2 Å². The first-order valence-corrected chi connectivity index (χ1v) is 8.53. The van der Waals surface area contributed by atoms with E-state index in [9.17, 15) is 9.00 Å². The third-order valence-electron chi connectivity index (χ3n) is 3.81. The van der Waals surface area contributed by atoms with Gasteiger partial charge in [0.25, 0.3) is 0 Å². The summed E-state index contributed by atoms with van der Waals surface area (Å²) in [6, 6.07) is 8.23. The molecule has 2 rings (SSSR count). The van der Waals surface area contributed by atoms with Crippen LogP contribution in [0.15, 0.2) is 24.3 Å². The second-order valence-corrected chi connectivity index (χ2v) is 7.18. The Bertz CT molecular complexity index is 501. The first kappa shape index (κ1) is 15.2. The molecular weight excluding hydrogens is 272 g/mol. The molecule has 5 heteroatoms. The Hall–Kier alpha value is -1.20. The average Bonchev–Trinajstić information content (AvgIpc) is 2.78. The van der Waals surface area contributed by atoms with Crippen LogP contribution in [0.3, 0.4) is 0 Å². The second kappa shape index (κ2) is 6.50. The third kappa shape index (κ3) is 3.46. The van der Waals surface area contributed by atoms with Crippen LogP contribution in [0.5, 0.6) is 0 Å². The van der Waals surface area contributed by atoms with Crippen molar-refractivity contribution in [2.24, 2.45) is 0 Å². The van der Waals surface area contributed by atoms with E-state index in [0.717, 1.165) is 12.0 Å². The lowest BCUT2D eigenvalue weighted by molar-refractivity contribution is -0.128. The van der Waals surface area contributed by atoms with E-state index in [0.29, 0.717) is 13.1 Å². The molecule has 1 fully saturated rings. The molecule has 1 N–H and O–H groups in total. The summed E-state index contributed by atoms with van der Waals surface area (Å²) in [5.41, 5.74) is 2.31. The lowest BCUT2D eigenvalue weighted by Crippen LogP contribution is -2.33. The monoisotopic (exact) mass is 294 g/mol. The molecule has 0 spiro atoms. The standard InChI is InChI=1S/C15H22N2O2S/c1-11-4-6-13(7-5-11)15-16-10-14(18)17(15)9-8-12(2)20(3)19/h4-7,12,15-16H,8-10H2,1-3H3. The quantitative estimate of drug-likeness (QED) is 0.897. The summed E-state index contributed by atoms with van der Waals surface area (Å²) in [7, 11) is -0.839. The van der Waals surface area contributed by atoms with E-state index in [4.69, 9.17) is 0 Å². The normalized spacial score (nSPS) is 22.1. The first-order chi connectivity index (χ1) is 9.49. The van der Waals surface area contributed by atoms with E-state index in [-0.39, 0.29) is 17.3 Å². The van der Waals surface area contributed by atoms with Crippen molar-refractivity contribution in [3.05, 3.63) is 35.4 Å². The van der Waals surface area contributed by atoms with Gasteiger partial charge in [-0.25, -0.2) is 0 Å². The van der Waals surface area contributed by atoms with Gasteiger partial charge < -0.3 is 4.90 Å². The molecule has 20 heavy (non-hydrogen) atoms. The number of hydrogen-bond acceptors (Lipinski definition) is 3. The highest BCUT2D eigenvalue weighted by atomic mass is 32.2. The van der Waals surface area contributed by atoms with Gasteiger partial charge in [-0.15, -0.1) is 0 Å². The number of aryl methyl sites for hydroxylation is 1. The van der Waals surface area contributed by atoms with E-state index in [1.165, 1.54) is 5.56 Å². The molecule has 1 saturated heterocycles. The minimum atomic E-state index is -0.839. The Morgan fingerprint density at radius 2 is 2.05 bits per heavy atom. The average molecular weight is 294 g/mol. The summed E-state index contributed by atoms with van der Waals surface area (Å²) in [4.78, 5) is 13.9. The Morgan fingerprint density at radius 1 is 1.40 bits per heavy atom. The van der Waals surface area contributed by atoms with Crippen LogP contribution in [0, 0.1) is 6.92 Å². The van der Waals surface area contributed by atoms with E-state index < -0.39 is 10.8 Å². The molecule has 1 heterocycles. The maximum absolute atomic E-state index is 12.0. The molecule has 3 atom stereocenters. The highest BCUT2D eigenvalue weighted by Crippen LogP contribution is 2.23. The fraction of sp³-hybridized carbons (Fsp3) is 0.533. The molecule has 1 aliphatic heterocycles. The lowest BCUT2D eigenvalue weighted by atomic mass is 10.1. The van der Waals surface area contributed by atoms with Gasteiger partial charge in [0, 0.05) is 28.9 Å². The minimum absolute atomic E-state index is 0.0550. The van der Waals surface area contributed by atoms with Gasteiger partial charge in [-0.2, -0.15) is 0 Å². The first-order valence-electron chi connectivity index (χ1n) is 6.90. The molecule has 4 nitrogen and oxygen atoms in total. The topological polar surface area (TPSA) is 49.4 Å². The maximum atomic E-state index is 12.0. The zero-order valence-corrected chi connectivity index (χ0v) is 13.1. The SMILES string of the molecule is Cc1ccc(C2NCC(=O)N2CCC(C)S(C)=O)cc1. The number of amides is 1. The van der Waals surface area contributed by atoms with Crippen LogP contribution in [-0.4, -0.2) is 39.6 Å². The van der Waals surface area contributed by atoms with Crippen molar-refractivity contribution < 1.29 is 9.00 Å². The molecule has 0 aliphatic carbocycles. The fourth-order valence-corrected chi connectivity index (χ4v) is 2.76. The summed E-state index contributed by atoms with van der Waals surface area (Å²) >= 11 is 0. The smallest absolute Gasteiger partial charge is 0.238 e. The van der Waals surface area contributed by atoms with Gasteiger partial charge in [-0.05, 0) is 18.9 Å². The fourth-order valence-electron chi connectivity index (χ4n) is 2.33. The van der Waals surface area contributed by atoms with Crippen molar-refractivity contribution in [3.63, 3.8) is 0 Å². The molecule has 0 radical (unpaired) electrons. The van der Waals surface area contributed by atoms with Gasteiger partial charge in [-0.3, -0.25) is 14.3 Å². The molecule has 0 aromatic heterocycles. The minimum Gasteiger partial charge on any atom is -0.322 e. The number of rotatable bonds is 5. The van der Waals surface area contributed by atoms with Crippen molar-refractivity contribution in [3.8, 4) is 0 Å². The van der Waals surface area contributed by atoms with Crippen LogP contribution < -0.4 is 5.32 Å². The van der Waals surface area contributed by atoms with Crippen molar-refractivity contribution in [1.29, 1.82) is 0 Å². The lowest BCUT2D eigenvalue weighted by Gasteiger charge is -2.25. The Kier molecular flexibility index (Phi) is 4.94. The molecule has 3 unspecified atom stereocenters. The maximum Gasteiger partial charge on any atom is 0.238 e. The number of carbonyl (C=O) groups is 1. The summed E-state index contributed by atoms with van der Waals surface area (Å²) in [6.07, 6.45) is 2.42. The van der Waals surface area contributed by atoms with Crippen LogP contribution in [-0.2, 0) is 15.6 Å². The zero-order valence-electron chi connectivity index (χ0n) is 12.3. The Labute approximate surface area is 123 Å². The van der Waals surface area contributed by atoms with Crippen molar-refractivity contribution in [2.75, 3.05) is 19.3 Å². The van der Waals surface area contributed by atoms with Gasteiger partial charge in [0.2, 0.25) is 5.91 Å². The molecule has 1 aromatic carbocycles. The predicted octanol–water partition coefficient (Wildman–Crippen LogP) is 1.58. The third-order valence-corrected chi connectivity index (χ3v) is 5.18. The van der Waals surface area contributed by atoms with Gasteiger partial charge in [-0.1, -0.05) is 36.8 Å². The van der Waals surface area contributed by atoms with E-state index in [1.807, 2.05) is 18.7 Å². The Morgan fingerprint density at radius 3 is 2.65 bits per heavy atom. The van der Waals surface area contributed by atoms with Crippen LogP contribution in [0.2, 0.25) is 0 Å². The zero-order chi connectivity index (χ0) is 14.7. The van der Waals surface area contributed by atoms with Gasteiger partial charge >= 0.3 is 0 Å². The van der Waals surface area contributed by atoms with Crippen LogP contribution >= 0.6 is 0 Å². The van der Waals surface area contributed by atoms with Gasteiger partial charge in [0.1, 0.15) is 6.17 Å². The number of nitrogens with one attached hydrogen (secondary N) is 1. The molecular formula is C15H22N2O2S. The van der Waals surface area contributed by atoms with E-state index >= 15 is 0 Å². The Balaban J connectivity index is 2.06. The number of hydrogen-bond donors (Lipinski definition) is 1. The summed E-state index contributed by atoms with van der Waals surface area (Å²) in [6.45, 7) is 5.03. The number of benzene rings is 1. The molecule has 0 saturated carbocycles. The summed E-state index contributed by atoms with van der Waals surface area (Å²) < 4.78 is 11.4. The second-order valence-electron chi connectivity index (χ2n) is 5.38. The summed E-state index contributed by atoms with van der Waals surface area (Å²) in [5.74, 6) is 0.115. The summed E-state index contributed by atoms with van der Waals surface area (Å²) in [5, 5.41) is 3.36. The molecule has 110 valence electrons. The van der Waals surface area contributed by atoms with E-state index in [1.54, 1.807) is 6.26 Å². The molecule has 0 bridgehead atoms. The van der Waals surface area contributed by atoms with E-state index in [2.05, 4.69) is 29.6 Å². The number of carbonyl (C=O) groups excluding carboxylic acids is 1. The van der Waals surface area contributed by atoms with Gasteiger partial charge in [0.15, 0.2) is 0 Å². The van der Waals surface area contributed by atoms with Crippen LogP contribution in [0.4, 0.5) is 0 Å². The van der Waals surface area contributed by atoms with Crippen molar-refractivity contribution >= 4 is 16.7 Å². The van der Waals surface area contributed by atoms with Crippen LogP contribution in [0.25, 0.3) is 0 Å². The molecule has 1 amide bonds. The molecule has 1 aliphatic rings. The number of nitrogens with zero attached hydrogens (tertiary/aromatic N) is 1. The molecule has 1 aromatic rings. The van der Waals surface area contributed by atoms with Crippen LogP contribution in [0.1, 0.15) is 30.6 Å². The largest absolute Gasteiger partial charge is 0.322 e. The highest BCUT2D eigenvalue weighted by molar-refractivity contribution is 7.84.